The molecule has 0 spiro atoms. The van der Waals surface area contributed by atoms with Crippen molar-refractivity contribution < 1.29 is 4.79 Å². The maximum absolute atomic E-state index is 11.7. The quantitative estimate of drug-likeness (QED) is 0.533. The third-order valence-corrected chi connectivity index (χ3v) is 3.94. The number of hydrogen-bond donors (Lipinski definition) is 4. The van der Waals surface area contributed by atoms with Gasteiger partial charge in [-0.15, -0.1) is 0 Å². The largest absolute Gasteiger partial charge is 0.367 e. The van der Waals surface area contributed by atoms with Gasteiger partial charge in [-0.25, -0.2) is 9.97 Å². The summed E-state index contributed by atoms with van der Waals surface area (Å²) in [7, 11) is 0. The molecule has 0 aliphatic rings. The summed E-state index contributed by atoms with van der Waals surface area (Å²) in [5.41, 5.74) is 13.3. The van der Waals surface area contributed by atoms with Crippen LogP contribution in [-0.2, 0) is 0 Å². The van der Waals surface area contributed by atoms with Gasteiger partial charge in [0.1, 0.15) is 11.5 Å². The molecule has 3 rings (SSSR count). The van der Waals surface area contributed by atoms with Gasteiger partial charge in [-0.05, 0) is 31.2 Å². The Morgan fingerprint density at radius 1 is 1.42 bits per heavy atom. The molecule has 0 saturated heterocycles. The van der Waals surface area contributed by atoms with Crippen LogP contribution < -0.4 is 16.8 Å². The van der Waals surface area contributed by atoms with E-state index in [9.17, 15) is 4.79 Å². The van der Waals surface area contributed by atoms with Crippen LogP contribution in [-0.4, -0.2) is 33.4 Å². The van der Waals surface area contributed by atoms with Crippen molar-refractivity contribution in [2.75, 3.05) is 11.9 Å². The third kappa shape index (κ3) is 3.39. The first-order valence-electron chi connectivity index (χ1n) is 7.39. The van der Waals surface area contributed by atoms with Gasteiger partial charge < -0.3 is 21.8 Å². The SMILES string of the molecule is CC(N)CNc1cnc(C(N)=O)c(-c2cc3cc(Br)ccc3[nH]2)n1. The number of H-pyrrole nitrogens is 1. The third-order valence-electron chi connectivity index (χ3n) is 3.45. The number of anilines is 1. The number of carbonyl (C=O) groups excluding carboxylic acids is 1. The molecule has 0 saturated carbocycles. The van der Waals surface area contributed by atoms with Crippen LogP contribution in [0.25, 0.3) is 22.3 Å². The number of nitrogens with two attached hydrogens (primary N) is 2. The Bertz CT molecular complexity index is 905. The highest BCUT2D eigenvalue weighted by Crippen LogP contribution is 2.27. The van der Waals surface area contributed by atoms with Crippen LogP contribution in [0.5, 0.6) is 0 Å². The summed E-state index contributed by atoms with van der Waals surface area (Å²) in [6, 6.07) is 7.73. The first-order valence-corrected chi connectivity index (χ1v) is 8.18. The van der Waals surface area contributed by atoms with E-state index >= 15 is 0 Å². The number of aromatic nitrogens is 3. The first kappa shape index (κ1) is 16.4. The van der Waals surface area contributed by atoms with E-state index in [1.165, 1.54) is 6.20 Å². The van der Waals surface area contributed by atoms with Gasteiger partial charge in [0.2, 0.25) is 0 Å². The van der Waals surface area contributed by atoms with Gasteiger partial charge in [-0.2, -0.15) is 0 Å². The average molecular weight is 389 g/mol. The van der Waals surface area contributed by atoms with E-state index in [0.29, 0.717) is 23.8 Å². The highest BCUT2D eigenvalue weighted by molar-refractivity contribution is 9.10. The van der Waals surface area contributed by atoms with E-state index in [4.69, 9.17) is 11.5 Å². The molecule has 0 aliphatic carbocycles. The molecule has 3 aromatic rings. The minimum atomic E-state index is -0.629. The van der Waals surface area contributed by atoms with Gasteiger partial charge in [-0.1, -0.05) is 15.9 Å². The van der Waals surface area contributed by atoms with Gasteiger partial charge in [0.15, 0.2) is 5.69 Å². The zero-order chi connectivity index (χ0) is 17.3. The molecular weight excluding hydrogens is 372 g/mol. The number of amides is 1. The van der Waals surface area contributed by atoms with E-state index in [1.807, 2.05) is 31.2 Å². The molecule has 124 valence electrons. The summed E-state index contributed by atoms with van der Waals surface area (Å²) >= 11 is 3.44. The molecule has 8 heteroatoms. The molecule has 24 heavy (non-hydrogen) atoms. The number of halogens is 1. The second-order valence-electron chi connectivity index (χ2n) is 5.59. The molecule has 2 heterocycles. The second-order valence-corrected chi connectivity index (χ2v) is 6.51. The molecule has 1 amide bonds. The number of aromatic amines is 1. The maximum Gasteiger partial charge on any atom is 0.269 e. The van der Waals surface area contributed by atoms with Gasteiger partial charge in [0.25, 0.3) is 5.91 Å². The second kappa shape index (κ2) is 6.58. The molecule has 0 aliphatic heterocycles. The Morgan fingerprint density at radius 3 is 2.92 bits per heavy atom. The van der Waals surface area contributed by atoms with Gasteiger partial charge in [0.05, 0.1) is 11.9 Å². The normalized spacial score (nSPS) is 12.3. The van der Waals surface area contributed by atoms with Crippen LogP contribution in [0, 0.1) is 0 Å². The lowest BCUT2D eigenvalue weighted by Crippen LogP contribution is -2.26. The van der Waals surface area contributed by atoms with E-state index in [-0.39, 0.29) is 11.7 Å². The van der Waals surface area contributed by atoms with Crippen LogP contribution in [0.1, 0.15) is 17.4 Å². The molecule has 7 nitrogen and oxygen atoms in total. The van der Waals surface area contributed by atoms with Crippen LogP contribution in [0.2, 0.25) is 0 Å². The lowest BCUT2D eigenvalue weighted by atomic mass is 10.2. The van der Waals surface area contributed by atoms with Crippen molar-refractivity contribution in [1.29, 1.82) is 0 Å². The Balaban J connectivity index is 2.08. The highest BCUT2D eigenvalue weighted by Gasteiger charge is 2.17. The number of primary amides is 1. The summed E-state index contributed by atoms with van der Waals surface area (Å²) in [5, 5.41) is 4.08. The first-order chi connectivity index (χ1) is 11.4. The van der Waals surface area contributed by atoms with Crippen LogP contribution in [0.4, 0.5) is 5.82 Å². The van der Waals surface area contributed by atoms with Crippen molar-refractivity contribution in [3.05, 3.63) is 40.6 Å². The number of nitrogens with zero attached hydrogens (tertiary/aromatic N) is 2. The van der Waals surface area contributed by atoms with Crippen molar-refractivity contribution in [1.82, 2.24) is 15.0 Å². The number of nitrogens with one attached hydrogen (secondary N) is 2. The van der Waals surface area contributed by atoms with Gasteiger partial charge in [-0.3, -0.25) is 4.79 Å². The summed E-state index contributed by atoms with van der Waals surface area (Å²) in [6.45, 7) is 2.43. The molecule has 1 atom stereocenters. The standard InChI is InChI=1S/C16H17BrN6O/c1-8(18)6-20-13-7-21-15(16(19)24)14(23-13)12-5-9-4-10(17)2-3-11(9)22-12/h2-5,7-8,22H,6,18H2,1H3,(H2,19,24)(H,20,23). The topological polar surface area (TPSA) is 123 Å². The Morgan fingerprint density at radius 2 is 2.21 bits per heavy atom. The fourth-order valence-corrected chi connectivity index (χ4v) is 2.72. The van der Waals surface area contributed by atoms with Crippen molar-refractivity contribution >= 4 is 38.6 Å². The van der Waals surface area contributed by atoms with Gasteiger partial charge in [0, 0.05) is 28.0 Å². The van der Waals surface area contributed by atoms with Crippen LogP contribution in [0.15, 0.2) is 34.9 Å². The van der Waals surface area contributed by atoms with E-state index < -0.39 is 5.91 Å². The summed E-state index contributed by atoms with van der Waals surface area (Å²) in [6.07, 6.45) is 1.48. The van der Waals surface area contributed by atoms with Crippen molar-refractivity contribution in [3.8, 4) is 11.4 Å². The fourth-order valence-electron chi connectivity index (χ4n) is 2.34. The van der Waals surface area contributed by atoms with Gasteiger partial charge >= 0.3 is 0 Å². The monoisotopic (exact) mass is 388 g/mol. The Hall–Kier alpha value is -2.45. The zero-order valence-electron chi connectivity index (χ0n) is 13.0. The molecule has 6 N–H and O–H groups in total. The van der Waals surface area contributed by atoms with Crippen molar-refractivity contribution in [2.45, 2.75) is 13.0 Å². The average Bonchev–Trinajstić information content (AvgIpc) is 2.95. The van der Waals surface area contributed by atoms with Crippen LogP contribution in [0.3, 0.4) is 0 Å². The summed E-state index contributed by atoms with van der Waals surface area (Å²) in [5.74, 6) is -0.0942. The number of rotatable bonds is 5. The molecule has 0 bridgehead atoms. The smallest absolute Gasteiger partial charge is 0.269 e. The van der Waals surface area contributed by atoms with Crippen molar-refractivity contribution in [2.24, 2.45) is 11.5 Å². The van der Waals surface area contributed by atoms with Crippen molar-refractivity contribution in [3.63, 3.8) is 0 Å². The molecule has 2 aromatic heterocycles. The lowest BCUT2D eigenvalue weighted by molar-refractivity contribution is 0.0996. The summed E-state index contributed by atoms with van der Waals surface area (Å²) in [4.78, 5) is 23.6. The minimum Gasteiger partial charge on any atom is -0.367 e. The molecule has 0 radical (unpaired) electrons. The van der Waals surface area contributed by atoms with E-state index in [0.717, 1.165) is 15.4 Å². The van der Waals surface area contributed by atoms with E-state index in [2.05, 4.69) is 36.2 Å². The minimum absolute atomic E-state index is 0.0310. The predicted octanol–water partition coefficient (Wildman–Crippen LogP) is 2.25. The fraction of sp³-hybridized carbons (Fsp3) is 0.188. The molecule has 0 fully saturated rings. The maximum atomic E-state index is 11.7. The number of hydrogen-bond acceptors (Lipinski definition) is 5. The highest BCUT2D eigenvalue weighted by atomic mass is 79.9. The number of fused-ring (bicyclic) bond motifs is 1. The zero-order valence-corrected chi connectivity index (χ0v) is 14.6. The number of carbonyl (C=O) groups is 1. The van der Waals surface area contributed by atoms with Crippen LogP contribution >= 0.6 is 15.9 Å². The summed E-state index contributed by atoms with van der Waals surface area (Å²) < 4.78 is 0.967. The number of benzene rings is 1. The predicted molar refractivity (Wildman–Crippen MR) is 97.7 cm³/mol. The van der Waals surface area contributed by atoms with E-state index in [1.54, 1.807) is 0 Å². The Labute approximate surface area is 147 Å². The molecular formula is C16H17BrN6O. The Kier molecular flexibility index (Phi) is 4.50. The lowest BCUT2D eigenvalue weighted by Gasteiger charge is -2.10. The molecule has 1 unspecified atom stereocenters. The molecule has 1 aromatic carbocycles.